The lowest BCUT2D eigenvalue weighted by Crippen LogP contribution is -2.54. The van der Waals surface area contributed by atoms with Crippen molar-refractivity contribution in [1.29, 1.82) is 0 Å². The summed E-state index contributed by atoms with van der Waals surface area (Å²) < 4.78 is 5.41. The Morgan fingerprint density at radius 2 is 1.79 bits per heavy atom. The van der Waals surface area contributed by atoms with Gasteiger partial charge in [0, 0.05) is 64.2 Å². The number of aromatic nitrogens is 2. The average Bonchev–Trinajstić information content (AvgIpc) is 2.79. The first-order chi connectivity index (χ1) is 13.7. The lowest BCUT2D eigenvalue weighted by atomic mass is 10.1. The predicted octanol–water partition coefficient (Wildman–Crippen LogP) is 2.50. The van der Waals surface area contributed by atoms with Gasteiger partial charge in [-0.3, -0.25) is 0 Å². The van der Waals surface area contributed by atoms with Crippen LogP contribution in [0.25, 0.3) is 11.4 Å². The summed E-state index contributed by atoms with van der Waals surface area (Å²) in [6.45, 7) is 4.45. The van der Waals surface area contributed by atoms with Gasteiger partial charge >= 0.3 is 6.03 Å². The molecular weight excluding hydrogens is 354 g/mol. The second-order valence-electron chi connectivity index (χ2n) is 7.32. The Balaban J connectivity index is 1.37. The van der Waals surface area contributed by atoms with E-state index in [1.54, 1.807) is 6.20 Å². The van der Waals surface area contributed by atoms with E-state index in [-0.39, 0.29) is 12.1 Å². The topological polar surface area (TPSA) is 61.8 Å². The van der Waals surface area contributed by atoms with Crippen LogP contribution in [0.2, 0.25) is 0 Å². The summed E-state index contributed by atoms with van der Waals surface area (Å²) in [6.07, 6.45) is 3.65. The lowest BCUT2D eigenvalue weighted by Gasteiger charge is -2.39. The number of urea groups is 1. The van der Waals surface area contributed by atoms with Crippen LogP contribution in [0.1, 0.15) is 12.8 Å². The van der Waals surface area contributed by atoms with E-state index in [0.29, 0.717) is 13.1 Å². The molecule has 0 aliphatic carbocycles. The van der Waals surface area contributed by atoms with Crippen LogP contribution in [0, 0.1) is 0 Å². The molecule has 0 spiro atoms. The normalized spacial score (nSPS) is 18.2. The first-order valence-corrected chi connectivity index (χ1v) is 9.95. The van der Waals surface area contributed by atoms with Crippen molar-refractivity contribution in [3.8, 4) is 11.4 Å². The minimum atomic E-state index is 0.124. The summed E-state index contributed by atoms with van der Waals surface area (Å²) in [5.41, 5.74) is 1.01. The Morgan fingerprint density at radius 3 is 2.50 bits per heavy atom. The van der Waals surface area contributed by atoms with Gasteiger partial charge in [0.1, 0.15) is 5.82 Å². The zero-order valence-corrected chi connectivity index (χ0v) is 16.3. The molecule has 4 rings (SSSR count). The smallest absolute Gasteiger partial charge is 0.320 e. The van der Waals surface area contributed by atoms with E-state index in [4.69, 9.17) is 9.72 Å². The second kappa shape index (κ2) is 8.56. The van der Waals surface area contributed by atoms with Crippen molar-refractivity contribution in [2.75, 3.05) is 51.3 Å². The number of hydrogen-bond acceptors (Lipinski definition) is 5. The highest BCUT2D eigenvalue weighted by Crippen LogP contribution is 2.20. The molecule has 1 aromatic carbocycles. The molecule has 0 radical (unpaired) electrons. The predicted molar refractivity (Wildman–Crippen MR) is 108 cm³/mol. The summed E-state index contributed by atoms with van der Waals surface area (Å²) in [4.78, 5) is 28.1. The van der Waals surface area contributed by atoms with Gasteiger partial charge in [0.15, 0.2) is 5.82 Å². The number of amides is 2. The van der Waals surface area contributed by atoms with Crippen molar-refractivity contribution in [3.63, 3.8) is 0 Å². The molecule has 2 saturated heterocycles. The van der Waals surface area contributed by atoms with E-state index in [1.165, 1.54) is 0 Å². The van der Waals surface area contributed by atoms with Crippen LogP contribution in [0.3, 0.4) is 0 Å². The van der Waals surface area contributed by atoms with Crippen molar-refractivity contribution in [3.05, 3.63) is 42.6 Å². The molecule has 0 atom stereocenters. The fraction of sp³-hybridized carbons (Fsp3) is 0.476. The van der Waals surface area contributed by atoms with Gasteiger partial charge in [-0.2, -0.15) is 0 Å². The summed E-state index contributed by atoms with van der Waals surface area (Å²) >= 11 is 0. The molecular formula is C21H27N5O2. The van der Waals surface area contributed by atoms with Crippen LogP contribution in [0.15, 0.2) is 42.6 Å². The first-order valence-electron chi connectivity index (χ1n) is 9.95. The van der Waals surface area contributed by atoms with Crippen LogP contribution in [-0.2, 0) is 4.74 Å². The molecule has 28 heavy (non-hydrogen) atoms. The fourth-order valence-electron chi connectivity index (χ4n) is 3.83. The molecule has 0 saturated carbocycles. The maximum atomic E-state index is 12.8. The molecule has 2 aliphatic rings. The van der Waals surface area contributed by atoms with Crippen molar-refractivity contribution in [2.24, 2.45) is 0 Å². The Morgan fingerprint density at radius 1 is 1.07 bits per heavy atom. The van der Waals surface area contributed by atoms with E-state index in [0.717, 1.165) is 56.4 Å². The number of rotatable bonds is 3. The molecule has 7 nitrogen and oxygen atoms in total. The second-order valence-corrected chi connectivity index (χ2v) is 7.32. The molecule has 0 bridgehead atoms. The minimum absolute atomic E-state index is 0.124. The number of ether oxygens (including phenoxy) is 1. The van der Waals surface area contributed by atoms with Gasteiger partial charge in [-0.25, -0.2) is 14.8 Å². The van der Waals surface area contributed by atoms with Gasteiger partial charge in [-0.05, 0) is 18.9 Å². The van der Waals surface area contributed by atoms with Gasteiger partial charge in [0.2, 0.25) is 0 Å². The monoisotopic (exact) mass is 381 g/mol. The molecule has 3 heterocycles. The molecule has 2 fully saturated rings. The van der Waals surface area contributed by atoms with Gasteiger partial charge in [-0.1, -0.05) is 30.3 Å². The summed E-state index contributed by atoms with van der Waals surface area (Å²) in [5, 5.41) is 0. The summed E-state index contributed by atoms with van der Waals surface area (Å²) in [6, 6.07) is 12.4. The van der Waals surface area contributed by atoms with Crippen LogP contribution in [0.4, 0.5) is 10.6 Å². The van der Waals surface area contributed by atoms with E-state index in [9.17, 15) is 4.79 Å². The highest BCUT2D eigenvalue weighted by Gasteiger charge is 2.28. The third kappa shape index (κ3) is 4.09. The largest absolute Gasteiger partial charge is 0.381 e. The molecule has 1 aromatic heterocycles. The quantitative estimate of drug-likeness (QED) is 0.818. The summed E-state index contributed by atoms with van der Waals surface area (Å²) in [5.74, 6) is 1.65. The van der Waals surface area contributed by atoms with Crippen molar-refractivity contribution >= 4 is 11.8 Å². The number of benzene rings is 1. The molecule has 2 aromatic rings. The van der Waals surface area contributed by atoms with Gasteiger partial charge < -0.3 is 19.4 Å². The third-order valence-electron chi connectivity index (χ3n) is 5.59. The molecule has 7 heteroatoms. The first kappa shape index (κ1) is 18.7. The Hall–Kier alpha value is -2.67. The number of nitrogens with zero attached hydrogens (tertiary/aromatic N) is 5. The van der Waals surface area contributed by atoms with E-state index in [1.807, 2.05) is 53.2 Å². The summed E-state index contributed by atoms with van der Waals surface area (Å²) in [7, 11) is 1.92. The average molecular weight is 381 g/mol. The Labute approximate surface area is 165 Å². The van der Waals surface area contributed by atoms with Gasteiger partial charge in [0.25, 0.3) is 0 Å². The number of piperazine rings is 1. The van der Waals surface area contributed by atoms with E-state index >= 15 is 0 Å². The lowest BCUT2D eigenvalue weighted by molar-refractivity contribution is 0.0461. The molecule has 2 aliphatic heterocycles. The maximum absolute atomic E-state index is 12.8. The zero-order valence-electron chi connectivity index (χ0n) is 16.3. The number of hydrogen-bond donors (Lipinski definition) is 0. The molecule has 0 N–H and O–H groups in total. The molecule has 148 valence electrons. The number of carbonyl (C=O) groups is 1. The molecule has 2 amide bonds. The van der Waals surface area contributed by atoms with E-state index < -0.39 is 0 Å². The highest BCUT2D eigenvalue weighted by atomic mass is 16.5. The third-order valence-corrected chi connectivity index (χ3v) is 5.59. The highest BCUT2D eigenvalue weighted by molar-refractivity contribution is 5.75. The van der Waals surface area contributed by atoms with Crippen molar-refractivity contribution < 1.29 is 9.53 Å². The van der Waals surface area contributed by atoms with Crippen LogP contribution in [0.5, 0.6) is 0 Å². The van der Waals surface area contributed by atoms with Crippen molar-refractivity contribution in [2.45, 2.75) is 18.9 Å². The Bertz CT molecular complexity index is 786. The molecule has 0 unspecified atom stereocenters. The van der Waals surface area contributed by atoms with Gasteiger partial charge in [-0.15, -0.1) is 0 Å². The maximum Gasteiger partial charge on any atom is 0.320 e. The van der Waals surface area contributed by atoms with Crippen molar-refractivity contribution in [1.82, 2.24) is 19.8 Å². The number of carbonyl (C=O) groups excluding carboxylic acids is 1. The van der Waals surface area contributed by atoms with E-state index in [2.05, 4.69) is 9.88 Å². The van der Waals surface area contributed by atoms with Crippen LogP contribution in [-0.4, -0.2) is 78.3 Å². The van der Waals surface area contributed by atoms with Crippen LogP contribution >= 0.6 is 0 Å². The zero-order chi connectivity index (χ0) is 19.3. The standard InChI is InChI=1S/C21H27N5O2/c1-24(18-8-15-28-16-9-18)21(27)26-13-11-25(12-14-26)19-7-10-22-20(23-19)17-5-3-2-4-6-17/h2-7,10,18H,8-9,11-16H2,1H3. The van der Waals surface area contributed by atoms with Crippen LogP contribution < -0.4 is 4.90 Å². The minimum Gasteiger partial charge on any atom is -0.381 e. The SMILES string of the molecule is CN(C(=O)N1CCN(c2ccnc(-c3ccccc3)n2)CC1)C1CCOCC1. The number of anilines is 1. The fourth-order valence-corrected chi connectivity index (χ4v) is 3.83. The van der Waals surface area contributed by atoms with Gasteiger partial charge in [0.05, 0.1) is 0 Å². The Kier molecular flexibility index (Phi) is 5.71.